The van der Waals surface area contributed by atoms with Crippen LogP contribution in [-0.2, 0) is 44.2 Å². The second-order valence-corrected chi connectivity index (χ2v) is 19.9. The highest BCUT2D eigenvalue weighted by atomic mass is 79.9. The summed E-state index contributed by atoms with van der Waals surface area (Å²) in [4.78, 5) is 47.1. The molecule has 11 heteroatoms. The minimum Gasteiger partial charge on any atom is -0.394 e. The van der Waals surface area contributed by atoms with Crippen molar-refractivity contribution in [2.45, 2.75) is 101 Å². The summed E-state index contributed by atoms with van der Waals surface area (Å²) in [5.74, 6) is -0.866. The minimum absolute atomic E-state index is 0.0803. The monoisotopic (exact) mass is 775 g/mol. The minimum atomic E-state index is -3.50. The molecule has 4 heterocycles. The van der Waals surface area contributed by atoms with E-state index in [0.717, 1.165) is 52.5 Å². The maximum Gasteiger partial charge on any atom is 0.264 e. The average molecular weight is 777 g/mol. The summed E-state index contributed by atoms with van der Waals surface area (Å²) in [6.45, 7) is 6.34. The first kappa shape index (κ1) is 36.0. The van der Waals surface area contributed by atoms with E-state index >= 15 is 4.11 Å². The molecule has 0 bridgehead atoms. The van der Waals surface area contributed by atoms with E-state index in [0.29, 0.717) is 37.2 Å². The molecule has 4 aliphatic rings. The largest absolute Gasteiger partial charge is 0.394 e. The van der Waals surface area contributed by atoms with Crippen molar-refractivity contribution in [1.29, 1.82) is 0 Å². The molecule has 7 rings (SSSR count). The van der Waals surface area contributed by atoms with Gasteiger partial charge in [0.1, 0.15) is 0 Å². The molecule has 8 nitrogen and oxygen atoms in total. The normalized spacial score (nSPS) is 26.7. The molecule has 3 aromatic carbocycles. The van der Waals surface area contributed by atoms with Gasteiger partial charge in [-0.3, -0.25) is 14.4 Å². The summed E-state index contributed by atoms with van der Waals surface area (Å²) in [5.41, 5.74) is 3.19. The number of halogens is 2. The van der Waals surface area contributed by atoms with E-state index in [2.05, 4.69) is 15.9 Å². The van der Waals surface area contributed by atoms with Gasteiger partial charge in [0, 0.05) is 46.7 Å². The summed E-state index contributed by atoms with van der Waals surface area (Å²) >= 11 is 3.61. The third kappa shape index (κ3) is 6.60. The van der Waals surface area contributed by atoms with Gasteiger partial charge in [-0.05, 0) is 79.4 Å². The lowest BCUT2D eigenvalue weighted by Crippen LogP contribution is -2.48. The first-order valence-corrected chi connectivity index (χ1v) is 22.0. The maximum absolute atomic E-state index is 16.5. The highest BCUT2D eigenvalue weighted by molar-refractivity contribution is 9.10. The summed E-state index contributed by atoms with van der Waals surface area (Å²) in [7, 11) is -3.50. The topological polar surface area (TPSA) is 90.4 Å². The van der Waals surface area contributed by atoms with Crippen molar-refractivity contribution >= 4 is 53.4 Å². The molecule has 51 heavy (non-hydrogen) atoms. The molecule has 0 radical (unpaired) electrons. The second-order valence-electron chi connectivity index (χ2n) is 15.2. The fraction of sp³-hybridized carbons (Fsp3) is 0.475. The van der Waals surface area contributed by atoms with E-state index in [4.69, 9.17) is 4.74 Å². The molecule has 3 aromatic rings. The number of amides is 3. The third-order valence-corrected chi connectivity index (χ3v) is 14.5. The molecule has 1 spiro atoms. The smallest absolute Gasteiger partial charge is 0.264 e. The van der Waals surface area contributed by atoms with Gasteiger partial charge in [-0.2, -0.15) is 0 Å². The molecule has 2 saturated heterocycles. The molecule has 2 fully saturated rings. The van der Waals surface area contributed by atoms with Crippen LogP contribution >= 0.6 is 15.9 Å². The molecule has 0 aliphatic carbocycles. The number of ether oxygens (including phenoxy) is 1. The number of nitrogens with zero attached hydrogens (tertiary/aromatic N) is 3. The number of hydrogen-bond acceptors (Lipinski definition) is 5. The lowest BCUT2D eigenvalue weighted by molar-refractivity contribution is -0.151. The third-order valence-electron chi connectivity index (χ3n) is 11.6. The van der Waals surface area contributed by atoms with Gasteiger partial charge in [-0.25, -0.2) is 0 Å². The Morgan fingerprint density at radius 1 is 1.02 bits per heavy atom. The van der Waals surface area contributed by atoms with Crippen LogP contribution in [0, 0.1) is 5.92 Å². The number of hydrogen-bond donors (Lipinski definition) is 1. The van der Waals surface area contributed by atoms with Crippen molar-refractivity contribution in [3.8, 4) is 0 Å². The van der Waals surface area contributed by atoms with E-state index in [1.165, 1.54) is 0 Å². The van der Waals surface area contributed by atoms with Crippen molar-refractivity contribution in [2.24, 2.45) is 5.92 Å². The summed E-state index contributed by atoms with van der Waals surface area (Å²) < 4.78 is 24.1. The Balaban J connectivity index is 1.17. The van der Waals surface area contributed by atoms with Gasteiger partial charge in [0.25, 0.3) is 5.91 Å². The van der Waals surface area contributed by atoms with Crippen molar-refractivity contribution < 1.29 is 28.3 Å². The predicted molar refractivity (Wildman–Crippen MR) is 201 cm³/mol. The standard InChI is InChI=1S/C40H47BrFN3O5Si/c1-26-38(51(2,3)42)35(22-37(48)44-24-29-11-8-7-10-28(29)20-32(44)25-46)50-40(26)33-21-30(41)15-18-34(33)45(39(40)49)23-27-13-16-31(17-14-27)43-19-9-5-4-6-12-36(43)47/h7-8,10-11,13-18,21,26,32,35,38,46H,4-6,9,12,19-20,22-25H2,1-3H3/t26-,32+,35+,38-,40+/m1/s1. The molecule has 3 amide bonds. The first-order valence-electron chi connectivity index (χ1n) is 18.3. The van der Waals surface area contributed by atoms with Crippen LogP contribution in [0.1, 0.15) is 67.7 Å². The number of anilines is 2. The van der Waals surface area contributed by atoms with Crippen LogP contribution in [-0.4, -0.2) is 61.4 Å². The van der Waals surface area contributed by atoms with Crippen LogP contribution in [0.15, 0.2) is 71.2 Å². The lowest BCUT2D eigenvalue weighted by atomic mass is 9.82. The van der Waals surface area contributed by atoms with Crippen molar-refractivity contribution in [3.05, 3.63) is 93.5 Å². The number of aliphatic hydroxyl groups excluding tert-OH is 1. The number of carbonyl (C=O) groups is 3. The zero-order valence-electron chi connectivity index (χ0n) is 29.6. The molecule has 270 valence electrons. The van der Waals surface area contributed by atoms with Gasteiger partial charge in [0.05, 0.1) is 37.4 Å². The van der Waals surface area contributed by atoms with Crippen LogP contribution < -0.4 is 9.80 Å². The molecule has 0 aromatic heterocycles. The molecule has 0 saturated carbocycles. The Bertz CT molecular complexity index is 1820. The second kappa shape index (κ2) is 14.2. The zero-order chi connectivity index (χ0) is 36.1. The zero-order valence-corrected chi connectivity index (χ0v) is 32.2. The van der Waals surface area contributed by atoms with Gasteiger partial charge in [-0.1, -0.05) is 72.1 Å². The van der Waals surface area contributed by atoms with Crippen LogP contribution in [0.2, 0.25) is 18.6 Å². The fourth-order valence-corrected chi connectivity index (χ4v) is 12.0. The van der Waals surface area contributed by atoms with Crippen molar-refractivity contribution in [1.82, 2.24) is 4.90 Å². The van der Waals surface area contributed by atoms with E-state index in [1.54, 1.807) is 22.9 Å². The summed E-state index contributed by atoms with van der Waals surface area (Å²) in [6.07, 6.45) is 4.29. The van der Waals surface area contributed by atoms with E-state index in [-0.39, 0.29) is 43.3 Å². The van der Waals surface area contributed by atoms with Crippen LogP contribution in [0.4, 0.5) is 15.5 Å². The fourth-order valence-electron chi connectivity index (χ4n) is 9.10. The summed E-state index contributed by atoms with van der Waals surface area (Å²) in [6, 6.07) is 21.1. The molecule has 4 aliphatic heterocycles. The van der Waals surface area contributed by atoms with Gasteiger partial charge < -0.3 is 28.7 Å². The van der Waals surface area contributed by atoms with Crippen LogP contribution in [0.25, 0.3) is 0 Å². The highest BCUT2D eigenvalue weighted by Gasteiger charge is 2.67. The number of benzene rings is 3. The predicted octanol–water partition coefficient (Wildman–Crippen LogP) is 7.40. The Labute approximate surface area is 309 Å². The van der Waals surface area contributed by atoms with Gasteiger partial charge >= 0.3 is 0 Å². The molecule has 1 N–H and O–H groups in total. The molecular formula is C40H47BrFN3O5Si. The number of aliphatic hydroxyl groups is 1. The lowest BCUT2D eigenvalue weighted by Gasteiger charge is -2.37. The number of fused-ring (bicyclic) bond motifs is 3. The quantitative estimate of drug-likeness (QED) is 0.200. The van der Waals surface area contributed by atoms with Gasteiger partial charge in [0.2, 0.25) is 20.2 Å². The average Bonchev–Trinajstić information content (AvgIpc) is 3.52. The van der Waals surface area contributed by atoms with Crippen molar-refractivity contribution in [3.63, 3.8) is 0 Å². The number of carbonyl (C=O) groups excluding carboxylic acids is 3. The van der Waals surface area contributed by atoms with E-state index < -0.39 is 31.6 Å². The molecule has 0 unspecified atom stereocenters. The molecular weight excluding hydrogens is 729 g/mol. The maximum atomic E-state index is 16.5. The Morgan fingerprint density at radius 3 is 2.47 bits per heavy atom. The Morgan fingerprint density at radius 2 is 1.75 bits per heavy atom. The Kier molecular flexibility index (Phi) is 10.0. The Hall–Kier alpha value is -3.38. The van der Waals surface area contributed by atoms with Gasteiger partial charge in [0.15, 0.2) is 5.60 Å². The van der Waals surface area contributed by atoms with E-state index in [1.807, 2.05) is 78.6 Å². The molecule has 5 atom stereocenters. The number of rotatable bonds is 7. The highest BCUT2D eigenvalue weighted by Crippen LogP contribution is 2.60. The first-order chi connectivity index (χ1) is 24.4. The summed E-state index contributed by atoms with van der Waals surface area (Å²) in [5, 5.41) is 10.3. The van der Waals surface area contributed by atoms with Crippen molar-refractivity contribution in [2.75, 3.05) is 23.0 Å². The SMILES string of the molecule is C[C@@H]1[C@@H]([Si](C)(C)F)[C@H](CC(=O)N2Cc3ccccc3C[C@H]2CO)O[C@@]12C(=O)N(Cc1ccc(N3CCCCCCC3=O)cc1)c1ccc(Br)cc12. The van der Waals surface area contributed by atoms with Crippen LogP contribution in [0.3, 0.4) is 0 Å². The van der Waals surface area contributed by atoms with E-state index in [9.17, 15) is 19.5 Å². The van der Waals surface area contributed by atoms with Crippen LogP contribution in [0.5, 0.6) is 0 Å². The van der Waals surface area contributed by atoms with Gasteiger partial charge in [-0.15, -0.1) is 0 Å².